The number of benzene rings is 1. The van der Waals surface area contributed by atoms with Gasteiger partial charge in [-0.05, 0) is 24.6 Å². The molecule has 18 heavy (non-hydrogen) atoms. The van der Waals surface area contributed by atoms with Crippen LogP contribution in [-0.2, 0) is 6.42 Å². The first-order chi connectivity index (χ1) is 8.88. The molecule has 94 valence electrons. The minimum absolute atomic E-state index is 0.167. The average molecular weight is 243 g/mol. The molecule has 1 atom stereocenters. The van der Waals surface area contributed by atoms with Gasteiger partial charge in [-0.1, -0.05) is 12.1 Å². The maximum Gasteiger partial charge on any atom is 0.119 e. The van der Waals surface area contributed by atoms with Gasteiger partial charge in [0.05, 0.1) is 24.7 Å². The van der Waals surface area contributed by atoms with E-state index in [9.17, 15) is 0 Å². The summed E-state index contributed by atoms with van der Waals surface area (Å²) in [5.41, 5.74) is 3.55. The van der Waals surface area contributed by atoms with Crippen molar-refractivity contribution in [3.05, 3.63) is 47.5 Å². The van der Waals surface area contributed by atoms with E-state index < -0.39 is 0 Å². The molecule has 1 aliphatic heterocycles. The van der Waals surface area contributed by atoms with Gasteiger partial charge in [-0.25, -0.2) is 4.98 Å². The fourth-order valence-electron chi connectivity index (χ4n) is 2.45. The Morgan fingerprint density at radius 3 is 3.28 bits per heavy atom. The third-order valence-corrected chi connectivity index (χ3v) is 3.25. The summed E-state index contributed by atoms with van der Waals surface area (Å²) >= 11 is 0. The molecular formula is C14H17N3O. The van der Waals surface area contributed by atoms with Gasteiger partial charge in [0.1, 0.15) is 5.75 Å². The summed E-state index contributed by atoms with van der Waals surface area (Å²) < 4.78 is 5.55. The Labute approximate surface area is 106 Å². The standard InChI is InChI=1S/C14H17N3O/c1-2-18-11-5-3-4-10(8-11)13-14-12(6-7-15-13)16-9-17-14/h3-5,8-9,13,15H,2,6-7H2,1H3,(H,16,17). The van der Waals surface area contributed by atoms with Crippen LogP contribution in [0.15, 0.2) is 30.6 Å². The van der Waals surface area contributed by atoms with Gasteiger partial charge < -0.3 is 15.0 Å². The summed E-state index contributed by atoms with van der Waals surface area (Å²) in [6.45, 7) is 3.66. The van der Waals surface area contributed by atoms with E-state index in [1.807, 2.05) is 19.1 Å². The van der Waals surface area contributed by atoms with Crippen LogP contribution in [-0.4, -0.2) is 23.1 Å². The van der Waals surface area contributed by atoms with Crippen LogP contribution in [0.25, 0.3) is 0 Å². The molecule has 0 saturated carbocycles. The highest BCUT2D eigenvalue weighted by molar-refractivity contribution is 5.37. The molecule has 0 fully saturated rings. The lowest BCUT2D eigenvalue weighted by molar-refractivity contribution is 0.339. The quantitative estimate of drug-likeness (QED) is 0.867. The van der Waals surface area contributed by atoms with Gasteiger partial charge in [0, 0.05) is 18.7 Å². The number of fused-ring (bicyclic) bond motifs is 1. The Bertz CT molecular complexity index is 535. The molecule has 0 amide bonds. The molecule has 1 unspecified atom stereocenters. The van der Waals surface area contributed by atoms with Crippen molar-refractivity contribution in [2.24, 2.45) is 0 Å². The molecule has 0 saturated heterocycles. The monoisotopic (exact) mass is 243 g/mol. The zero-order chi connectivity index (χ0) is 12.4. The summed E-state index contributed by atoms with van der Waals surface area (Å²) in [6.07, 6.45) is 2.79. The smallest absolute Gasteiger partial charge is 0.119 e. The largest absolute Gasteiger partial charge is 0.494 e. The van der Waals surface area contributed by atoms with Gasteiger partial charge in [-0.15, -0.1) is 0 Å². The van der Waals surface area contributed by atoms with E-state index in [2.05, 4.69) is 27.4 Å². The molecule has 1 aliphatic rings. The molecule has 4 heteroatoms. The van der Waals surface area contributed by atoms with Crippen molar-refractivity contribution in [3.8, 4) is 5.75 Å². The van der Waals surface area contributed by atoms with Crippen LogP contribution in [0.4, 0.5) is 0 Å². The summed E-state index contributed by atoms with van der Waals surface area (Å²) in [7, 11) is 0. The average Bonchev–Trinajstić information content (AvgIpc) is 2.87. The molecule has 2 heterocycles. The summed E-state index contributed by atoms with van der Waals surface area (Å²) in [4.78, 5) is 7.65. The first kappa shape index (κ1) is 11.3. The van der Waals surface area contributed by atoms with Crippen molar-refractivity contribution in [1.29, 1.82) is 0 Å². The van der Waals surface area contributed by atoms with E-state index in [0.717, 1.165) is 24.4 Å². The van der Waals surface area contributed by atoms with E-state index in [1.165, 1.54) is 11.3 Å². The van der Waals surface area contributed by atoms with Crippen LogP contribution in [0.2, 0.25) is 0 Å². The number of nitrogens with one attached hydrogen (secondary N) is 2. The Kier molecular flexibility index (Phi) is 3.02. The number of imidazole rings is 1. The molecule has 2 aromatic rings. The number of hydrogen-bond acceptors (Lipinski definition) is 3. The second-order valence-electron chi connectivity index (χ2n) is 4.41. The first-order valence-corrected chi connectivity index (χ1v) is 6.36. The van der Waals surface area contributed by atoms with Gasteiger partial charge in [0.25, 0.3) is 0 Å². The van der Waals surface area contributed by atoms with E-state index >= 15 is 0 Å². The van der Waals surface area contributed by atoms with Gasteiger partial charge in [0.15, 0.2) is 0 Å². The number of hydrogen-bond donors (Lipinski definition) is 2. The predicted octanol–water partition coefficient (Wildman–Crippen LogP) is 2.04. The van der Waals surface area contributed by atoms with E-state index in [0.29, 0.717) is 6.61 Å². The van der Waals surface area contributed by atoms with E-state index in [4.69, 9.17) is 4.74 Å². The Balaban J connectivity index is 1.94. The van der Waals surface area contributed by atoms with Crippen molar-refractivity contribution in [2.45, 2.75) is 19.4 Å². The van der Waals surface area contributed by atoms with Crippen LogP contribution in [0.1, 0.15) is 29.9 Å². The SMILES string of the molecule is CCOc1cccc(C2NCCc3[nH]cnc32)c1. The molecule has 1 aromatic heterocycles. The van der Waals surface area contributed by atoms with Crippen molar-refractivity contribution in [2.75, 3.05) is 13.2 Å². The molecule has 0 spiro atoms. The highest BCUT2D eigenvalue weighted by Crippen LogP contribution is 2.28. The van der Waals surface area contributed by atoms with Crippen LogP contribution >= 0.6 is 0 Å². The number of H-pyrrole nitrogens is 1. The molecule has 0 bridgehead atoms. The molecule has 4 nitrogen and oxygen atoms in total. The minimum Gasteiger partial charge on any atom is -0.494 e. The van der Waals surface area contributed by atoms with Crippen molar-refractivity contribution in [1.82, 2.24) is 15.3 Å². The molecule has 0 radical (unpaired) electrons. The normalized spacial score (nSPS) is 18.4. The highest BCUT2D eigenvalue weighted by Gasteiger charge is 2.23. The second kappa shape index (κ2) is 4.82. The molecule has 2 N–H and O–H groups in total. The third-order valence-electron chi connectivity index (χ3n) is 3.25. The number of aromatic nitrogens is 2. The minimum atomic E-state index is 0.167. The first-order valence-electron chi connectivity index (χ1n) is 6.36. The number of ether oxygens (including phenoxy) is 1. The van der Waals surface area contributed by atoms with E-state index in [1.54, 1.807) is 6.33 Å². The Hall–Kier alpha value is -1.81. The van der Waals surface area contributed by atoms with Crippen LogP contribution in [0.3, 0.4) is 0 Å². The Morgan fingerprint density at radius 2 is 2.39 bits per heavy atom. The van der Waals surface area contributed by atoms with Gasteiger partial charge in [-0.2, -0.15) is 0 Å². The van der Waals surface area contributed by atoms with Crippen molar-refractivity contribution >= 4 is 0 Å². The zero-order valence-corrected chi connectivity index (χ0v) is 10.4. The lowest BCUT2D eigenvalue weighted by atomic mass is 9.98. The molecule has 1 aromatic carbocycles. The van der Waals surface area contributed by atoms with E-state index in [-0.39, 0.29) is 6.04 Å². The van der Waals surface area contributed by atoms with Crippen LogP contribution in [0.5, 0.6) is 5.75 Å². The topological polar surface area (TPSA) is 49.9 Å². The third kappa shape index (κ3) is 1.99. The number of rotatable bonds is 3. The molecule has 3 rings (SSSR count). The lowest BCUT2D eigenvalue weighted by Crippen LogP contribution is -2.30. The highest BCUT2D eigenvalue weighted by atomic mass is 16.5. The zero-order valence-electron chi connectivity index (χ0n) is 10.4. The van der Waals surface area contributed by atoms with Gasteiger partial charge in [0.2, 0.25) is 0 Å². The Morgan fingerprint density at radius 1 is 1.44 bits per heavy atom. The summed E-state index contributed by atoms with van der Waals surface area (Å²) in [5, 5.41) is 3.51. The maximum atomic E-state index is 5.55. The number of aromatic amines is 1. The van der Waals surface area contributed by atoms with Gasteiger partial charge >= 0.3 is 0 Å². The van der Waals surface area contributed by atoms with Crippen molar-refractivity contribution < 1.29 is 4.74 Å². The fraction of sp³-hybridized carbons (Fsp3) is 0.357. The molecular weight excluding hydrogens is 226 g/mol. The maximum absolute atomic E-state index is 5.55. The van der Waals surface area contributed by atoms with Crippen molar-refractivity contribution in [3.63, 3.8) is 0 Å². The summed E-state index contributed by atoms with van der Waals surface area (Å²) in [6, 6.07) is 8.39. The number of nitrogens with zero attached hydrogens (tertiary/aromatic N) is 1. The fourth-order valence-corrected chi connectivity index (χ4v) is 2.45. The van der Waals surface area contributed by atoms with Gasteiger partial charge in [-0.3, -0.25) is 0 Å². The predicted molar refractivity (Wildman–Crippen MR) is 69.7 cm³/mol. The van der Waals surface area contributed by atoms with Crippen LogP contribution < -0.4 is 10.1 Å². The lowest BCUT2D eigenvalue weighted by Gasteiger charge is -2.23. The summed E-state index contributed by atoms with van der Waals surface area (Å²) in [5.74, 6) is 0.916. The van der Waals surface area contributed by atoms with Crippen LogP contribution in [0, 0.1) is 0 Å². The molecule has 0 aliphatic carbocycles. The second-order valence-corrected chi connectivity index (χ2v) is 4.41.